The molecule has 9 nitrogen and oxygen atoms in total. The molecule has 2 fully saturated rings. The molecular formula is C29H35BrN4O5S. The third-order valence-corrected chi connectivity index (χ3v) is 10.5. The van der Waals surface area contributed by atoms with Gasteiger partial charge < -0.3 is 14.7 Å². The Morgan fingerprint density at radius 1 is 0.975 bits per heavy atom. The Hall–Kier alpha value is -2.76. The highest BCUT2D eigenvalue weighted by molar-refractivity contribution is 9.10. The second-order valence-electron chi connectivity index (χ2n) is 10.7. The first-order valence-electron chi connectivity index (χ1n) is 13.9. The predicted molar refractivity (Wildman–Crippen MR) is 157 cm³/mol. The van der Waals surface area contributed by atoms with Crippen molar-refractivity contribution >= 4 is 54.9 Å². The molecule has 2 aromatic rings. The number of sulfonamides is 1. The monoisotopic (exact) mass is 630 g/mol. The molecule has 3 aliphatic heterocycles. The first kappa shape index (κ1) is 28.8. The lowest BCUT2D eigenvalue weighted by Crippen LogP contribution is -2.53. The SMILES string of the molecule is CCC(=O)N1CCc2cc(Br)cc(S(=O)(=O)N3CCC[C@@H](C(=O)N4CCN(c5ccc(C(C)=O)cc5)CC4)C3)c21. The van der Waals surface area contributed by atoms with E-state index in [4.69, 9.17) is 0 Å². The normalized spacial score (nSPS) is 20.0. The highest BCUT2D eigenvalue weighted by atomic mass is 79.9. The zero-order valence-corrected chi connectivity index (χ0v) is 25.3. The van der Waals surface area contributed by atoms with Crippen LogP contribution in [0.5, 0.6) is 0 Å². The number of benzene rings is 2. The molecule has 2 aromatic carbocycles. The topological polar surface area (TPSA) is 98.3 Å². The van der Waals surface area contributed by atoms with Gasteiger partial charge in [0.25, 0.3) is 0 Å². The number of piperidine rings is 1. The van der Waals surface area contributed by atoms with Crippen molar-refractivity contribution in [3.63, 3.8) is 0 Å². The van der Waals surface area contributed by atoms with Crippen LogP contribution >= 0.6 is 15.9 Å². The van der Waals surface area contributed by atoms with Gasteiger partial charge in [-0.15, -0.1) is 0 Å². The van der Waals surface area contributed by atoms with Crippen LogP contribution in [0.2, 0.25) is 0 Å². The average Bonchev–Trinajstić information content (AvgIpc) is 3.39. The van der Waals surface area contributed by atoms with Crippen molar-refractivity contribution in [1.29, 1.82) is 0 Å². The minimum absolute atomic E-state index is 0.00580. The summed E-state index contributed by atoms with van der Waals surface area (Å²) in [4.78, 5) is 43.5. The third kappa shape index (κ3) is 5.56. The molecule has 3 heterocycles. The highest BCUT2D eigenvalue weighted by Crippen LogP contribution is 2.40. The van der Waals surface area contributed by atoms with Crippen molar-refractivity contribution in [2.45, 2.75) is 44.4 Å². The highest BCUT2D eigenvalue weighted by Gasteiger charge is 2.39. The Bertz CT molecular complexity index is 1420. The fourth-order valence-electron chi connectivity index (χ4n) is 5.96. The van der Waals surface area contributed by atoms with Gasteiger partial charge in [-0.2, -0.15) is 4.31 Å². The Balaban J connectivity index is 1.28. The summed E-state index contributed by atoms with van der Waals surface area (Å²) >= 11 is 3.46. The Labute approximate surface area is 244 Å². The van der Waals surface area contributed by atoms with Crippen molar-refractivity contribution < 1.29 is 22.8 Å². The molecule has 3 aliphatic rings. The van der Waals surface area contributed by atoms with Crippen molar-refractivity contribution in [3.05, 3.63) is 52.0 Å². The van der Waals surface area contributed by atoms with E-state index in [1.165, 1.54) is 4.31 Å². The van der Waals surface area contributed by atoms with Crippen molar-refractivity contribution in [2.75, 3.05) is 55.6 Å². The van der Waals surface area contributed by atoms with Crippen LogP contribution in [0.25, 0.3) is 0 Å². The molecule has 5 rings (SSSR count). The maximum Gasteiger partial charge on any atom is 0.245 e. The van der Waals surface area contributed by atoms with Gasteiger partial charge in [-0.25, -0.2) is 8.42 Å². The number of carbonyl (C=O) groups is 3. The molecule has 0 radical (unpaired) electrons. The smallest absolute Gasteiger partial charge is 0.245 e. The van der Waals surface area contributed by atoms with E-state index in [1.54, 1.807) is 24.8 Å². The van der Waals surface area contributed by atoms with Gasteiger partial charge in [0.2, 0.25) is 21.8 Å². The lowest BCUT2D eigenvalue weighted by Gasteiger charge is -2.39. The Morgan fingerprint density at radius 2 is 1.68 bits per heavy atom. The number of hydrogen-bond donors (Lipinski definition) is 0. The molecule has 0 saturated carbocycles. The van der Waals surface area contributed by atoms with Crippen LogP contribution < -0.4 is 9.80 Å². The van der Waals surface area contributed by atoms with E-state index in [1.807, 2.05) is 35.2 Å². The maximum absolute atomic E-state index is 14.0. The molecule has 2 saturated heterocycles. The van der Waals surface area contributed by atoms with Gasteiger partial charge >= 0.3 is 0 Å². The number of Topliss-reactive ketones (excluding diaryl/α,β-unsaturated/α-hetero) is 1. The van der Waals surface area contributed by atoms with E-state index in [-0.39, 0.29) is 29.0 Å². The predicted octanol–water partition coefficient (Wildman–Crippen LogP) is 3.70. The first-order chi connectivity index (χ1) is 19.1. The summed E-state index contributed by atoms with van der Waals surface area (Å²) in [7, 11) is -3.93. The second-order valence-corrected chi connectivity index (χ2v) is 13.5. The summed E-state index contributed by atoms with van der Waals surface area (Å²) in [6.07, 6.45) is 2.16. The molecule has 0 aliphatic carbocycles. The van der Waals surface area contributed by atoms with Crippen LogP contribution in [0.15, 0.2) is 45.8 Å². The Morgan fingerprint density at radius 3 is 2.33 bits per heavy atom. The molecule has 40 heavy (non-hydrogen) atoms. The molecule has 0 aromatic heterocycles. The van der Waals surface area contributed by atoms with E-state index in [9.17, 15) is 22.8 Å². The number of hydrogen-bond acceptors (Lipinski definition) is 6. The molecule has 1 atom stereocenters. The summed E-state index contributed by atoms with van der Waals surface area (Å²) in [5.74, 6) is -0.480. The number of anilines is 2. The minimum atomic E-state index is -3.93. The van der Waals surface area contributed by atoms with Gasteiger partial charge in [0.05, 0.1) is 11.6 Å². The molecular weight excluding hydrogens is 596 g/mol. The van der Waals surface area contributed by atoms with Gasteiger partial charge in [-0.05, 0) is 68.1 Å². The number of halogens is 1. The van der Waals surface area contributed by atoms with E-state index in [0.29, 0.717) is 80.7 Å². The van der Waals surface area contributed by atoms with Crippen molar-refractivity contribution in [2.24, 2.45) is 5.92 Å². The molecule has 0 N–H and O–H groups in total. The van der Waals surface area contributed by atoms with Gasteiger partial charge in [-0.1, -0.05) is 22.9 Å². The Kier molecular flexibility index (Phi) is 8.35. The fourth-order valence-corrected chi connectivity index (χ4v) is 8.40. The molecule has 11 heteroatoms. The maximum atomic E-state index is 14.0. The van der Waals surface area contributed by atoms with Crippen LogP contribution in [0.3, 0.4) is 0 Å². The van der Waals surface area contributed by atoms with Gasteiger partial charge in [0.15, 0.2) is 5.78 Å². The zero-order chi connectivity index (χ0) is 28.6. The van der Waals surface area contributed by atoms with E-state index < -0.39 is 15.9 Å². The zero-order valence-electron chi connectivity index (χ0n) is 22.9. The summed E-state index contributed by atoms with van der Waals surface area (Å²) in [6, 6.07) is 11.0. The second kappa shape index (κ2) is 11.6. The fraction of sp³-hybridized carbons (Fsp3) is 0.483. The molecule has 214 valence electrons. The third-order valence-electron chi connectivity index (χ3n) is 8.18. The van der Waals surface area contributed by atoms with Crippen molar-refractivity contribution in [1.82, 2.24) is 9.21 Å². The van der Waals surface area contributed by atoms with E-state index >= 15 is 0 Å². The standard InChI is InChI=1S/C29H35BrN4O5S/c1-3-27(36)34-12-10-22-17-24(30)18-26(28(22)34)40(38,39)33-11-4-5-23(19-33)29(37)32-15-13-31(14-16-32)25-8-6-21(7-9-25)20(2)35/h6-9,17-18,23H,3-5,10-16,19H2,1-2H3/t23-/m1/s1. The van der Waals surface area contributed by atoms with Crippen LogP contribution in [-0.4, -0.2) is 81.0 Å². The number of rotatable bonds is 6. The lowest BCUT2D eigenvalue weighted by molar-refractivity contribution is -0.137. The average molecular weight is 632 g/mol. The van der Waals surface area contributed by atoms with Crippen LogP contribution in [0.4, 0.5) is 11.4 Å². The molecule has 0 bridgehead atoms. The van der Waals surface area contributed by atoms with Crippen LogP contribution in [0.1, 0.15) is 49.0 Å². The van der Waals surface area contributed by atoms with E-state index in [2.05, 4.69) is 20.8 Å². The number of amides is 2. The van der Waals surface area contributed by atoms with Crippen molar-refractivity contribution in [3.8, 4) is 0 Å². The summed E-state index contributed by atoms with van der Waals surface area (Å²) < 4.78 is 30.1. The molecule has 2 amide bonds. The van der Waals surface area contributed by atoms with Gasteiger partial charge in [-0.3, -0.25) is 14.4 Å². The first-order valence-corrected chi connectivity index (χ1v) is 16.1. The van der Waals surface area contributed by atoms with Crippen LogP contribution in [-0.2, 0) is 26.0 Å². The summed E-state index contributed by atoms with van der Waals surface area (Å²) in [5.41, 5.74) is 3.01. The van der Waals surface area contributed by atoms with Gasteiger partial charge in [0.1, 0.15) is 4.90 Å². The summed E-state index contributed by atoms with van der Waals surface area (Å²) in [6.45, 7) is 6.73. The number of carbonyl (C=O) groups excluding carboxylic acids is 3. The summed E-state index contributed by atoms with van der Waals surface area (Å²) in [5, 5.41) is 0. The number of nitrogens with zero attached hydrogens (tertiary/aromatic N) is 4. The minimum Gasteiger partial charge on any atom is -0.368 e. The van der Waals surface area contributed by atoms with E-state index in [0.717, 1.165) is 11.3 Å². The number of ketones is 1. The lowest BCUT2D eigenvalue weighted by atomic mass is 9.97. The number of fused-ring (bicyclic) bond motifs is 1. The largest absolute Gasteiger partial charge is 0.368 e. The number of piperazine rings is 1. The quantitative estimate of drug-likeness (QED) is 0.452. The molecule has 0 spiro atoms. The van der Waals surface area contributed by atoms with Crippen LogP contribution in [0, 0.1) is 5.92 Å². The van der Waals surface area contributed by atoms with Gasteiger partial charge in [0, 0.05) is 68.0 Å². The molecule has 0 unspecified atom stereocenters.